The Kier molecular flexibility index (Phi) is 5.71. The van der Waals surface area contributed by atoms with E-state index < -0.39 is 12.9 Å². The molecule has 0 aliphatic heterocycles. The van der Waals surface area contributed by atoms with Gasteiger partial charge in [0, 0.05) is 18.7 Å². The van der Waals surface area contributed by atoms with Gasteiger partial charge in [-0.1, -0.05) is 17.7 Å². The Morgan fingerprint density at radius 1 is 1.47 bits per heavy atom. The van der Waals surface area contributed by atoms with E-state index in [9.17, 15) is 9.41 Å². The van der Waals surface area contributed by atoms with Crippen molar-refractivity contribution in [2.45, 2.75) is 6.42 Å². The monoisotopic (exact) mass is 262 g/mol. The summed E-state index contributed by atoms with van der Waals surface area (Å²) in [5, 5.41) is 18.3. The molecule has 0 aliphatic carbocycles. The summed E-state index contributed by atoms with van der Waals surface area (Å²) in [6.07, 6.45) is 0.364. The second-order valence-electron chi connectivity index (χ2n) is 3.28. The normalized spacial score (nSPS) is 10.4. The maximum Gasteiger partial charge on any atom is 0.494 e. The Morgan fingerprint density at radius 3 is 2.76 bits per heavy atom. The van der Waals surface area contributed by atoms with Crippen LogP contribution in [0.1, 0.15) is 6.42 Å². The predicted molar refractivity (Wildman–Crippen MR) is 63.2 cm³/mol. The SMILES string of the molecule is COc1c(Cl)ccc(B(O)OCCCO)c1F. The number of ether oxygens (including phenoxy) is 1. The number of benzene rings is 1. The average molecular weight is 262 g/mol. The Bertz CT molecular complexity index is 378. The van der Waals surface area contributed by atoms with Crippen LogP contribution in [0.2, 0.25) is 5.02 Å². The summed E-state index contributed by atoms with van der Waals surface area (Å²) >= 11 is 5.71. The van der Waals surface area contributed by atoms with Crippen LogP contribution < -0.4 is 10.2 Å². The third-order valence-electron chi connectivity index (χ3n) is 2.13. The van der Waals surface area contributed by atoms with E-state index in [1.165, 1.54) is 19.2 Å². The van der Waals surface area contributed by atoms with Gasteiger partial charge in [-0.05, 0) is 12.5 Å². The highest BCUT2D eigenvalue weighted by Crippen LogP contribution is 2.25. The van der Waals surface area contributed by atoms with E-state index >= 15 is 0 Å². The lowest BCUT2D eigenvalue weighted by Crippen LogP contribution is -2.36. The highest BCUT2D eigenvalue weighted by molar-refractivity contribution is 6.60. The second-order valence-corrected chi connectivity index (χ2v) is 3.69. The maximum absolute atomic E-state index is 13.8. The lowest BCUT2D eigenvalue weighted by Gasteiger charge is -2.11. The summed E-state index contributed by atoms with van der Waals surface area (Å²) in [5.74, 6) is -0.884. The van der Waals surface area contributed by atoms with Crippen LogP contribution in [0.3, 0.4) is 0 Å². The maximum atomic E-state index is 13.8. The fourth-order valence-corrected chi connectivity index (χ4v) is 1.50. The minimum Gasteiger partial charge on any atom is -0.492 e. The first-order chi connectivity index (χ1) is 8.11. The number of aliphatic hydroxyl groups excluding tert-OH is 1. The first-order valence-corrected chi connectivity index (χ1v) is 5.42. The summed E-state index contributed by atoms with van der Waals surface area (Å²) in [4.78, 5) is 0. The first kappa shape index (κ1) is 14.2. The quantitative estimate of drug-likeness (QED) is 0.581. The summed E-state index contributed by atoms with van der Waals surface area (Å²) in [5.41, 5.74) is -0.0517. The van der Waals surface area contributed by atoms with Crippen LogP contribution in [0.15, 0.2) is 12.1 Å². The zero-order valence-corrected chi connectivity index (χ0v) is 10.1. The zero-order valence-electron chi connectivity index (χ0n) is 9.32. The molecular formula is C10H13BClFO4. The number of rotatable bonds is 6. The largest absolute Gasteiger partial charge is 0.494 e. The van der Waals surface area contributed by atoms with Crippen molar-refractivity contribution >= 4 is 24.2 Å². The van der Waals surface area contributed by atoms with Crippen LogP contribution in [-0.2, 0) is 4.65 Å². The van der Waals surface area contributed by atoms with Crippen molar-refractivity contribution in [1.82, 2.24) is 0 Å². The molecule has 0 fully saturated rings. The molecule has 94 valence electrons. The molecule has 0 radical (unpaired) electrons. The Hall–Kier alpha value is -0.815. The summed E-state index contributed by atoms with van der Waals surface area (Å²) in [6.45, 7) is 0.0706. The molecule has 1 rings (SSSR count). The van der Waals surface area contributed by atoms with Gasteiger partial charge in [0.05, 0.1) is 12.1 Å². The molecule has 0 unspecified atom stereocenters. The van der Waals surface area contributed by atoms with E-state index in [0.717, 1.165) is 0 Å². The topological polar surface area (TPSA) is 58.9 Å². The van der Waals surface area contributed by atoms with Gasteiger partial charge in [0.2, 0.25) is 0 Å². The van der Waals surface area contributed by atoms with Crippen LogP contribution in [0, 0.1) is 5.82 Å². The zero-order chi connectivity index (χ0) is 12.8. The summed E-state index contributed by atoms with van der Waals surface area (Å²) < 4.78 is 23.5. The molecule has 0 aromatic heterocycles. The van der Waals surface area contributed by atoms with Gasteiger partial charge >= 0.3 is 7.12 Å². The van der Waals surface area contributed by atoms with Gasteiger partial charge in [-0.15, -0.1) is 0 Å². The van der Waals surface area contributed by atoms with E-state index in [1.54, 1.807) is 0 Å². The van der Waals surface area contributed by atoms with Crippen molar-refractivity contribution in [2.24, 2.45) is 0 Å². The second kappa shape index (κ2) is 6.81. The number of hydrogen-bond acceptors (Lipinski definition) is 4. The van der Waals surface area contributed by atoms with E-state index in [4.69, 9.17) is 26.1 Å². The van der Waals surface area contributed by atoms with Crippen molar-refractivity contribution in [3.63, 3.8) is 0 Å². The third kappa shape index (κ3) is 3.57. The number of hydrogen-bond donors (Lipinski definition) is 2. The molecular weight excluding hydrogens is 249 g/mol. The van der Waals surface area contributed by atoms with Crippen LogP contribution in [0.4, 0.5) is 4.39 Å². The van der Waals surface area contributed by atoms with Crippen LogP contribution >= 0.6 is 11.6 Å². The van der Waals surface area contributed by atoms with Gasteiger partial charge in [-0.3, -0.25) is 0 Å². The van der Waals surface area contributed by atoms with Gasteiger partial charge in [-0.2, -0.15) is 0 Å². The molecule has 0 amide bonds. The molecule has 0 heterocycles. The molecule has 1 aromatic carbocycles. The number of halogens is 2. The highest BCUT2D eigenvalue weighted by Gasteiger charge is 2.24. The molecule has 17 heavy (non-hydrogen) atoms. The van der Waals surface area contributed by atoms with Gasteiger partial charge in [0.1, 0.15) is 0 Å². The molecule has 4 nitrogen and oxygen atoms in total. The fourth-order valence-electron chi connectivity index (χ4n) is 1.27. The summed E-state index contributed by atoms with van der Waals surface area (Å²) in [7, 11) is -0.125. The van der Waals surface area contributed by atoms with Crippen molar-refractivity contribution in [3.05, 3.63) is 23.0 Å². The standard InChI is InChI=1S/C10H13BClFO4/c1-16-10-8(12)4-3-7(9(10)13)11(15)17-6-2-5-14/h3-4,14-15H,2,5-6H2,1H3. The molecule has 0 aliphatic rings. The van der Waals surface area contributed by atoms with Crippen molar-refractivity contribution in [2.75, 3.05) is 20.3 Å². The molecule has 2 N–H and O–H groups in total. The van der Waals surface area contributed by atoms with Crippen molar-refractivity contribution in [1.29, 1.82) is 0 Å². The van der Waals surface area contributed by atoms with E-state index in [-0.39, 0.29) is 29.4 Å². The van der Waals surface area contributed by atoms with Crippen LogP contribution in [0.25, 0.3) is 0 Å². The summed E-state index contributed by atoms with van der Waals surface area (Å²) in [6, 6.07) is 2.74. The van der Waals surface area contributed by atoms with Gasteiger partial charge in [0.25, 0.3) is 0 Å². The molecule has 0 spiro atoms. The molecule has 0 saturated carbocycles. The Labute approximate surface area is 104 Å². The lowest BCUT2D eigenvalue weighted by atomic mass is 9.79. The highest BCUT2D eigenvalue weighted by atomic mass is 35.5. The van der Waals surface area contributed by atoms with Gasteiger partial charge in [-0.25, -0.2) is 4.39 Å². The van der Waals surface area contributed by atoms with Crippen LogP contribution in [0.5, 0.6) is 5.75 Å². The van der Waals surface area contributed by atoms with Crippen LogP contribution in [-0.4, -0.2) is 37.6 Å². The first-order valence-electron chi connectivity index (χ1n) is 5.04. The molecule has 0 bridgehead atoms. The fraction of sp³-hybridized carbons (Fsp3) is 0.400. The molecule has 0 atom stereocenters. The predicted octanol–water partition coefficient (Wildman–Crippen LogP) is 0.574. The van der Waals surface area contributed by atoms with Crippen molar-refractivity contribution < 1.29 is 23.9 Å². The van der Waals surface area contributed by atoms with Gasteiger partial charge in [0.15, 0.2) is 11.6 Å². The van der Waals surface area contributed by atoms with E-state index in [1.807, 2.05) is 0 Å². The molecule has 1 aromatic rings. The lowest BCUT2D eigenvalue weighted by molar-refractivity contribution is 0.215. The minimum absolute atomic E-state index is 0.0517. The number of methoxy groups -OCH3 is 1. The average Bonchev–Trinajstić information content (AvgIpc) is 2.30. The van der Waals surface area contributed by atoms with Gasteiger partial charge < -0.3 is 19.5 Å². The van der Waals surface area contributed by atoms with Crippen molar-refractivity contribution in [3.8, 4) is 5.75 Å². The smallest absolute Gasteiger partial charge is 0.492 e. The Balaban J connectivity index is 2.83. The van der Waals surface area contributed by atoms with E-state index in [0.29, 0.717) is 6.42 Å². The minimum atomic E-state index is -1.41. The van der Waals surface area contributed by atoms with E-state index in [2.05, 4.69) is 0 Å². The number of aliphatic hydroxyl groups is 1. The molecule has 0 saturated heterocycles. The Morgan fingerprint density at radius 2 is 2.18 bits per heavy atom. The molecule has 7 heteroatoms. The third-order valence-corrected chi connectivity index (χ3v) is 2.42.